The van der Waals surface area contributed by atoms with Crippen LogP contribution in [0.15, 0.2) is 48.5 Å². The van der Waals surface area contributed by atoms with E-state index in [1.54, 1.807) is 18.2 Å². The van der Waals surface area contributed by atoms with Crippen LogP contribution in [0.5, 0.6) is 5.75 Å². The zero-order valence-corrected chi connectivity index (χ0v) is 14.9. The Balaban J connectivity index is 1.97. The molecule has 138 valence electrons. The highest BCUT2D eigenvalue weighted by atomic mass is 19.1. The molecule has 2 aromatic carbocycles. The first kappa shape index (κ1) is 19.2. The number of halogens is 1. The van der Waals surface area contributed by atoms with Crippen LogP contribution < -0.4 is 15.0 Å². The predicted molar refractivity (Wildman–Crippen MR) is 97.1 cm³/mol. The van der Waals surface area contributed by atoms with E-state index in [1.165, 1.54) is 42.3 Å². The van der Waals surface area contributed by atoms with Gasteiger partial charge in [0.1, 0.15) is 11.6 Å². The number of amides is 2. The van der Waals surface area contributed by atoms with Crippen LogP contribution in [0.2, 0.25) is 0 Å². The van der Waals surface area contributed by atoms with Gasteiger partial charge in [-0.05, 0) is 42.3 Å². The molecule has 1 N–H and O–H groups in total. The maximum Gasteiger partial charge on any atom is 0.419 e. The van der Waals surface area contributed by atoms with Crippen LogP contribution in [0.1, 0.15) is 13.8 Å². The summed E-state index contributed by atoms with van der Waals surface area (Å²) in [5, 5.41) is 2.57. The lowest BCUT2D eigenvalue weighted by Gasteiger charge is -2.17. The van der Waals surface area contributed by atoms with E-state index >= 15 is 0 Å². The minimum absolute atomic E-state index is 0.232. The number of ether oxygens (including phenoxy) is 2. The van der Waals surface area contributed by atoms with Gasteiger partial charge in [0.15, 0.2) is 0 Å². The van der Waals surface area contributed by atoms with E-state index in [4.69, 9.17) is 9.47 Å². The first-order valence-corrected chi connectivity index (χ1v) is 8.10. The topological polar surface area (TPSA) is 67.9 Å². The molecule has 2 rings (SSSR count). The van der Waals surface area contributed by atoms with Crippen molar-refractivity contribution in [3.8, 4) is 5.75 Å². The van der Waals surface area contributed by atoms with Crippen molar-refractivity contribution in [2.75, 3.05) is 23.9 Å². The van der Waals surface area contributed by atoms with Gasteiger partial charge in [-0.25, -0.2) is 14.0 Å². The number of carbonyl (C=O) groups is 2. The Morgan fingerprint density at radius 2 is 1.85 bits per heavy atom. The number of nitrogens with zero attached hydrogens (tertiary/aromatic N) is 1. The molecule has 6 nitrogen and oxygen atoms in total. The van der Waals surface area contributed by atoms with E-state index < -0.39 is 18.0 Å². The third-order valence-electron chi connectivity index (χ3n) is 3.32. The molecule has 0 aliphatic heterocycles. The highest BCUT2D eigenvalue weighted by Gasteiger charge is 2.14. The second kappa shape index (κ2) is 8.84. The minimum atomic E-state index is -0.642. The summed E-state index contributed by atoms with van der Waals surface area (Å²) in [7, 11) is 1.51. The van der Waals surface area contributed by atoms with Gasteiger partial charge in [0, 0.05) is 24.5 Å². The molecule has 26 heavy (non-hydrogen) atoms. The van der Waals surface area contributed by atoms with Gasteiger partial charge in [-0.2, -0.15) is 0 Å². The number of rotatable bonds is 5. The van der Waals surface area contributed by atoms with Crippen LogP contribution in [-0.2, 0) is 4.74 Å². The molecular formula is C19H21FN2O4. The van der Waals surface area contributed by atoms with Crippen molar-refractivity contribution in [1.29, 1.82) is 0 Å². The predicted octanol–water partition coefficient (Wildman–Crippen LogP) is 4.67. The van der Waals surface area contributed by atoms with Crippen LogP contribution in [0, 0.1) is 11.7 Å². The van der Waals surface area contributed by atoms with Crippen LogP contribution in [-0.4, -0.2) is 25.8 Å². The Hall–Kier alpha value is -3.09. The fraction of sp³-hybridized carbons (Fsp3) is 0.263. The van der Waals surface area contributed by atoms with Crippen molar-refractivity contribution < 1.29 is 23.5 Å². The molecule has 0 fully saturated rings. The first-order valence-electron chi connectivity index (χ1n) is 8.10. The molecule has 0 radical (unpaired) electrons. The number of anilines is 2. The van der Waals surface area contributed by atoms with Gasteiger partial charge in [0.2, 0.25) is 0 Å². The molecule has 0 aliphatic rings. The van der Waals surface area contributed by atoms with Gasteiger partial charge in [-0.3, -0.25) is 10.2 Å². The normalized spacial score (nSPS) is 10.3. The molecule has 0 bridgehead atoms. The second-order valence-electron chi connectivity index (χ2n) is 6.05. The number of carbonyl (C=O) groups excluding carboxylic acids is 2. The fourth-order valence-electron chi connectivity index (χ4n) is 1.97. The molecule has 0 saturated carbocycles. The summed E-state index contributed by atoms with van der Waals surface area (Å²) < 4.78 is 23.3. The first-order chi connectivity index (χ1) is 12.3. The summed E-state index contributed by atoms with van der Waals surface area (Å²) in [5.41, 5.74) is 0.927. The molecule has 0 heterocycles. The molecule has 0 atom stereocenters. The second-order valence-corrected chi connectivity index (χ2v) is 6.05. The summed E-state index contributed by atoms with van der Waals surface area (Å²) in [6.45, 7) is 4.18. The molecule has 0 aromatic heterocycles. The van der Waals surface area contributed by atoms with Crippen molar-refractivity contribution in [2.24, 2.45) is 5.92 Å². The van der Waals surface area contributed by atoms with Crippen molar-refractivity contribution in [1.82, 2.24) is 0 Å². The molecule has 0 unspecified atom stereocenters. The van der Waals surface area contributed by atoms with Gasteiger partial charge in [0.05, 0.1) is 6.61 Å². The Kier molecular flexibility index (Phi) is 6.54. The zero-order valence-electron chi connectivity index (χ0n) is 14.9. The van der Waals surface area contributed by atoms with Gasteiger partial charge in [-0.15, -0.1) is 0 Å². The lowest BCUT2D eigenvalue weighted by molar-refractivity contribution is 0.147. The highest BCUT2D eigenvalue weighted by molar-refractivity contribution is 5.89. The number of hydrogen-bond acceptors (Lipinski definition) is 4. The molecular weight excluding hydrogens is 339 g/mol. The van der Waals surface area contributed by atoms with Crippen LogP contribution in [0.4, 0.5) is 25.4 Å². The third kappa shape index (κ3) is 5.77. The van der Waals surface area contributed by atoms with Gasteiger partial charge in [0.25, 0.3) is 0 Å². The van der Waals surface area contributed by atoms with Crippen LogP contribution in [0.3, 0.4) is 0 Å². The van der Waals surface area contributed by atoms with E-state index in [0.717, 1.165) is 0 Å². The number of hydrogen-bond donors (Lipinski definition) is 1. The lowest BCUT2D eigenvalue weighted by Crippen LogP contribution is -2.29. The van der Waals surface area contributed by atoms with Crippen LogP contribution >= 0.6 is 0 Å². The largest absolute Gasteiger partial charge is 0.449 e. The minimum Gasteiger partial charge on any atom is -0.449 e. The zero-order chi connectivity index (χ0) is 19.1. The average Bonchev–Trinajstić information content (AvgIpc) is 2.60. The van der Waals surface area contributed by atoms with Crippen molar-refractivity contribution in [2.45, 2.75) is 13.8 Å². The Morgan fingerprint density at radius 1 is 1.15 bits per heavy atom. The summed E-state index contributed by atoms with van der Waals surface area (Å²) in [5.74, 6) is 0.0966. The smallest absolute Gasteiger partial charge is 0.419 e. The molecule has 2 amide bonds. The van der Waals surface area contributed by atoms with Gasteiger partial charge < -0.3 is 9.47 Å². The monoisotopic (exact) mass is 360 g/mol. The van der Waals surface area contributed by atoms with Gasteiger partial charge in [-0.1, -0.05) is 19.9 Å². The maximum atomic E-state index is 13.0. The highest BCUT2D eigenvalue weighted by Crippen LogP contribution is 2.20. The number of benzene rings is 2. The van der Waals surface area contributed by atoms with E-state index in [0.29, 0.717) is 18.0 Å². The van der Waals surface area contributed by atoms with Gasteiger partial charge >= 0.3 is 12.2 Å². The SMILES string of the molecule is CC(C)COC(=O)Nc1cccc(OC(=O)N(C)c2ccc(F)cc2)c1. The van der Waals surface area contributed by atoms with Crippen molar-refractivity contribution in [3.05, 3.63) is 54.3 Å². The van der Waals surface area contributed by atoms with Crippen LogP contribution in [0.25, 0.3) is 0 Å². The van der Waals surface area contributed by atoms with Crippen molar-refractivity contribution >= 4 is 23.6 Å². The van der Waals surface area contributed by atoms with Crippen molar-refractivity contribution in [3.63, 3.8) is 0 Å². The fourth-order valence-corrected chi connectivity index (χ4v) is 1.97. The third-order valence-corrected chi connectivity index (χ3v) is 3.32. The summed E-state index contributed by atoms with van der Waals surface area (Å²) in [6, 6.07) is 11.8. The molecule has 0 spiro atoms. The standard InChI is InChI=1S/C19H21FN2O4/c1-13(2)12-25-18(23)21-15-5-4-6-17(11-15)26-19(24)22(3)16-9-7-14(20)8-10-16/h4-11,13H,12H2,1-3H3,(H,21,23). The summed E-state index contributed by atoms with van der Waals surface area (Å²) in [4.78, 5) is 25.1. The van der Waals surface area contributed by atoms with E-state index in [2.05, 4.69) is 5.32 Å². The summed E-state index contributed by atoms with van der Waals surface area (Å²) >= 11 is 0. The maximum absolute atomic E-state index is 13.0. The molecule has 0 saturated heterocycles. The quantitative estimate of drug-likeness (QED) is 0.842. The Labute approximate surface area is 151 Å². The van der Waals surface area contributed by atoms with E-state index in [-0.39, 0.29) is 11.7 Å². The summed E-state index contributed by atoms with van der Waals surface area (Å²) in [6.07, 6.45) is -1.22. The Morgan fingerprint density at radius 3 is 2.50 bits per heavy atom. The molecule has 2 aromatic rings. The van der Waals surface area contributed by atoms with E-state index in [1.807, 2.05) is 13.8 Å². The Bertz CT molecular complexity index is 762. The number of nitrogens with one attached hydrogen (secondary N) is 1. The molecule has 7 heteroatoms. The molecule has 0 aliphatic carbocycles. The lowest BCUT2D eigenvalue weighted by atomic mass is 10.2. The van der Waals surface area contributed by atoms with E-state index in [9.17, 15) is 14.0 Å². The average molecular weight is 360 g/mol.